The lowest BCUT2D eigenvalue weighted by Crippen LogP contribution is -2.39. The van der Waals surface area contributed by atoms with Crippen LogP contribution in [0.15, 0.2) is 63.8 Å². The van der Waals surface area contributed by atoms with Gasteiger partial charge in [-0.05, 0) is 56.5 Å². The third-order valence-electron chi connectivity index (χ3n) is 5.90. The zero-order chi connectivity index (χ0) is 19.3. The summed E-state index contributed by atoms with van der Waals surface area (Å²) < 4.78 is 1.23. The second-order valence-electron chi connectivity index (χ2n) is 7.66. The molecule has 1 saturated carbocycles. The van der Waals surface area contributed by atoms with Gasteiger partial charge in [0, 0.05) is 36.5 Å². The van der Waals surface area contributed by atoms with Gasteiger partial charge in [-0.15, -0.1) is 11.3 Å². The minimum Gasteiger partial charge on any atom is -0.374 e. The van der Waals surface area contributed by atoms with Gasteiger partial charge in [0.05, 0.1) is 26.5 Å². The molecule has 2 heterocycles. The molecule has 1 aromatic heterocycles. The first-order valence-corrected chi connectivity index (χ1v) is 10.7. The summed E-state index contributed by atoms with van der Waals surface area (Å²) in [5.74, 6) is 0.766. The van der Waals surface area contributed by atoms with Crippen molar-refractivity contribution in [2.24, 2.45) is 21.8 Å². The van der Waals surface area contributed by atoms with Crippen molar-refractivity contribution in [2.75, 3.05) is 11.9 Å². The van der Waals surface area contributed by atoms with Crippen LogP contribution in [0, 0.1) is 18.8 Å². The highest BCUT2D eigenvalue weighted by atomic mass is 32.1. The Labute approximate surface area is 169 Å². The number of nitrogens with one attached hydrogen (secondary N) is 1. The number of aromatic nitrogens is 1. The van der Waals surface area contributed by atoms with Crippen molar-refractivity contribution in [1.29, 1.82) is 0 Å². The molecular formula is C23H24N4S. The van der Waals surface area contributed by atoms with Crippen LogP contribution in [0.1, 0.15) is 25.3 Å². The van der Waals surface area contributed by atoms with Crippen LogP contribution in [0.2, 0.25) is 0 Å². The number of allylic oxidation sites excluding steroid dienone is 4. The van der Waals surface area contributed by atoms with E-state index in [1.54, 1.807) is 11.3 Å². The topological polar surface area (TPSA) is 49.6 Å². The summed E-state index contributed by atoms with van der Waals surface area (Å²) in [5, 5.41) is 4.94. The molecule has 3 atom stereocenters. The number of benzene rings is 1. The first-order chi connectivity index (χ1) is 13.6. The van der Waals surface area contributed by atoms with Gasteiger partial charge in [-0.2, -0.15) is 0 Å². The predicted molar refractivity (Wildman–Crippen MR) is 120 cm³/mol. The van der Waals surface area contributed by atoms with E-state index >= 15 is 0 Å². The van der Waals surface area contributed by atoms with Crippen molar-refractivity contribution in [3.8, 4) is 0 Å². The number of hydrogen-bond acceptors (Lipinski definition) is 5. The van der Waals surface area contributed by atoms with Crippen LogP contribution in [0.3, 0.4) is 0 Å². The molecule has 1 aromatic carbocycles. The number of aryl methyl sites for hydroxylation is 1. The van der Waals surface area contributed by atoms with Gasteiger partial charge < -0.3 is 5.32 Å². The number of nitrogens with zero attached hydrogens (tertiary/aromatic N) is 3. The molecule has 142 valence electrons. The lowest BCUT2D eigenvalue weighted by Gasteiger charge is -2.28. The molecule has 0 amide bonds. The Bertz CT molecular complexity index is 1100. The van der Waals surface area contributed by atoms with Crippen molar-refractivity contribution < 1.29 is 0 Å². The van der Waals surface area contributed by atoms with E-state index in [1.807, 2.05) is 12.4 Å². The third kappa shape index (κ3) is 2.68. The van der Waals surface area contributed by atoms with E-state index < -0.39 is 0 Å². The monoisotopic (exact) mass is 388 g/mol. The van der Waals surface area contributed by atoms with E-state index in [9.17, 15) is 0 Å². The smallest absolute Gasteiger partial charge is 0.0907 e. The van der Waals surface area contributed by atoms with E-state index in [2.05, 4.69) is 72.5 Å². The second kappa shape index (κ2) is 6.52. The van der Waals surface area contributed by atoms with Gasteiger partial charge in [0.1, 0.15) is 0 Å². The fraction of sp³-hybridized carbons (Fsp3) is 0.348. The third-order valence-corrected chi connectivity index (χ3v) is 6.83. The summed E-state index contributed by atoms with van der Waals surface area (Å²) in [6.45, 7) is 6.99. The molecule has 2 aromatic rings. The number of aliphatic imine (C=N–C) groups is 2. The SMILES string of the molecule is C/C=C(\C=NCC)C1=CN=C2C1C=CC1CC21Nc1ccc2nc(C)sc2c1. The minimum absolute atomic E-state index is 0.0498. The normalized spacial score (nSPS) is 28.3. The van der Waals surface area contributed by atoms with Gasteiger partial charge in [-0.1, -0.05) is 18.2 Å². The van der Waals surface area contributed by atoms with Crippen molar-refractivity contribution in [3.63, 3.8) is 0 Å². The number of anilines is 1. The van der Waals surface area contributed by atoms with E-state index in [-0.39, 0.29) is 11.5 Å². The Kier molecular flexibility index (Phi) is 4.09. The molecule has 0 saturated heterocycles. The summed E-state index contributed by atoms with van der Waals surface area (Å²) >= 11 is 1.75. The second-order valence-corrected chi connectivity index (χ2v) is 8.89. The molecule has 0 radical (unpaired) electrons. The molecule has 1 aliphatic heterocycles. The van der Waals surface area contributed by atoms with Crippen molar-refractivity contribution in [1.82, 2.24) is 4.98 Å². The lowest BCUT2D eigenvalue weighted by molar-refractivity contribution is 0.828. The molecule has 2 aliphatic carbocycles. The van der Waals surface area contributed by atoms with Gasteiger partial charge in [-0.25, -0.2) is 4.98 Å². The van der Waals surface area contributed by atoms with Gasteiger partial charge in [0.2, 0.25) is 0 Å². The number of rotatable bonds is 5. The number of thiazole rings is 1. The summed E-state index contributed by atoms with van der Waals surface area (Å²) in [6.07, 6.45) is 12.0. The molecule has 28 heavy (non-hydrogen) atoms. The van der Waals surface area contributed by atoms with E-state index in [1.165, 1.54) is 21.6 Å². The van der Waals surface area contributed by atoms with Gasteiger partial charge in [-0.3, -0.25) is 9.98 Å². The van der Waals surface area contributed by atoms with E-state index in [0.29, 0.717) is 5.92 Å². The van der Waals surface area contributed by atoms with Crippen LogP contribution in [0.5, 0.6) is 0 Å². The zero-order valence-corrected chi connectivity index (χ0v) is 17.3. The molecule has 1 fully saturated rings. The van der Waals surface area contributed by atoms with Gasteiger partial charge in [0.25, 0.3) is 0 Å². The van der Waals surface area contributed by atoms with Crippen molar-refractivity contribution in [3.05, 3.63) is 58.8 Å². The molecule has 4 nitrogen and oxygen atoms in total. The van der Waals surface area contributed by atoms with Gasteiger partial charge >= 0.3 is 0 Å². The number of fused-ring (bicyclic) bond motifs is 4. The molecule has 5 heteroatoms. The van der Waals surface area contributed by atoms with Crippen LogP contribution >= 0.6 is 11.3 Å². The van der Waals surface area contributed by atoms with Gasteiger partial charge in [0.15, 0.2) is 0 Å². The summed E-state index contributed by atoms with van der Waals surface area (Å²) in [6, 6.07) is 6.49. The maximum atomic E-state index is 4.90. The maximum Gasteiger partial charge on any atom is 0.0907 e. The maximum absolute atomic E-state index is 4.90. The quantitative estimate of drug-likeness (QED) is 0.555. The van der Waals surface area contributed by atoms with Crippen LogP contribution in [0.25, 0.3) is 10.2 Å². The predicted octanol–water partition coefficient (Wildman–Crippen LogP) is 5.34. The first-order valence-electron chi connectivity index (χ1n) is 9.93. The van der Waals surface area contributed by atoms with E-state index in [4.69, 9.17) is 4.99 Å². The molecule has 0 spiro atoms. The Morgan fingerprint density at radius 1 is 1.39 bits per heavy atom. The highest BCUT2D eigenvalue weighted by Crippen LogP contribution is 2.55. The Hall–Kier alpha value is -2.53. The van der Waals surface area contributed by atoms with Crippen LogP contribution in [-0.2, 0) is 0 Å². The average Bonchev–Trinajstić information content (AvgIpc) is 3.04. The Balaban J connectivity index is 1.43. The molecule has 1 N–H and O–H groups in total. The van der Waals surface area contributed by atoms with Crippen LogP contribution in [-0.4, -0.2) is 29.0 Å². The minimum atomic E-state index is -0.0498. The molecule has 3 aliphatic rings. The molecule has 0 bridgehead atoms. The van der Waals surface area contributed by atoms with Crippen LogP contribution < -0.4 is 5.32 Å². The zero-order valence-electron chi connectivity index (χ0n) is 16.4. The lowest BCUT2D eigenvalue weighted by atomic mass is 9.82. The van der Waals surface area contributed by atoms with Crippen molar-refractivity contribution in [2.45, 2.75) is 32.7 Å². The summed E-state index contributed by atoms with van der Waals surface area (Å²) in [4.78, 5) is 13.9. The highest BCUT2D eigenvalue weighted by Gasteiger charge is 2.61. The first kappa shape index (κ1) is 17.6. The van der Waals surface area contributed by atoms with Crippen molar-refractivity contribution >= 4 is 39.2 Å². The summed E-state index contributed by atoms with van der Waals surface area (Å²) in [5.41, 5.74) is 5.86. The standard InChI is InChI=1S/C23H24N4S/c1-4-15(12-24-5-2)19-13-25-22-18(19)8-6-16-11-23(16,22)27-17-7-9-20-21(10-17)28-14(3)26-20/h4,6-10,12-13,16,18,27H,5,11H2,1-3H3/b15-4+,24-12?. The summed E-state index contributed by atoms with van der Waals surface area (Å²) in [7, 11) is 0. The highest BCUT2D eigenvalue weighted by molar-refractivity contribution is 7.18. The fourth-order valence-electron chi connectivity index (χ4n) is 4.44. The Morgan fingerprint density at radius 2 is 2.29 bits per heavy atom. The number of hydrogen-bond donors (Lipinski definition) is 1. The average molecular weight is 389 g/mol. The van der Waals surface area contributed by atoms with E-state index in [0.717, 1.165) is 29.2 Å². The molecular weight excluding hydrogens is 364 g/mol. The largest absolute Gasteiger partial charge is 0.374 e. The Morgan fingerprint density at radius 3 is 3.11 bits per heavy atom. The van der Waals surface area contributed by atoms with Crippen LogP contribution in [0.4, 0.5) is 5.69 Å². The molecule has 5 rings (SSSR count). The molecule has 3 unspecified atom stereocenters. The fourth-order valence-corrected chi connectivity index (χ4v) is 5.30.